The van der Waals surface area contributed by atoms with Gasteiger partial charge in [-0.05, 0) is 92.2 Å². The van der Waals surface area contributed by atoms with Crippen molar-refractivity contribution < 1.29 is 9.18 Å². The van der Waals surface area contributed by atoms with E-state index < -0.39 is 0 Å². The van der Waals surface area contributed by atoms with E-state index in [1.807, 2.05) is 30.3 Å². The molecule has 0 radical (unpaired) electrons. The summed E-state index contributed by atoms with van der Waals surface area (Å²) in [6.45, 7) is 0. The van der Waals surface area contributed by atoms with Gasteiger partial charge >= 0.3 is 0 Å². The van der Waals surface area contributed by atoms with Gasteiger partial charge in [-0.1, -0.05) is 60.7 Å². The number of Topliss-reactive ketones (excluding diaryl/α,β-unsaturated/α-hetero) is 1. The number of carbonyl (C=O) groups excluding carboxylic acids is 1. The van der Waals surface area contributed by atoms with E-state index in [-0.39, 0.29) is 11.6 Å². The summed E-state index contributed by atoms with van der Waals surface area (Å²) in [6, 6.07) is 23.2. The predicted molar refractivity (Wildman–Crippen MR) is 133 cm³/mol. The van der Waals surface area contributed by atoms with Gasteiger partial charge in [0.25, 0.3) is 0 Å². The minimum absolute atomic E-state index is 0.164. The van der Waals surface area contributed by atoms with Crippen LogP contribution in [-0.2, 0) is 0 Å². The molecular formula is C25H15FI2O. The Morgan fingerprint density at radius 2 is 1.28 bits per heavy atom. The predicted octanol–water partition coefficient (Wildman–Crippen LogP) is 7.46. The summed E-state index contributed by atoms with van der Waals surface area (Å²) in [5.74, 6) is -0.548. The van der Waals surface area contributed by atoms with Crippen LogP contribution in [0, 0.1) is 7.14 Å². The Kier molecular flexibility index (Phi) is 6.10. The Bertz CT molecular complexity index is 1120. The van der Waals surface area contributed by atoms with Crippen molar-refractivity contribution in [1.82, 2.24) is 0 Å². The zero-order chi connectivity index (χ0) is 20.4. The van der Waals surface area contributed by atoms with Crippen LogP contribution >= 0.6 is 45.2 Å². The molecule has 4 heteroatoms. The van der Waals surface area contributed by atoms with Crippen LogP contribution in [0.1, 0.15) is 27.0 Å². The van der Waals surface area contributed by atoms with Crippen molar-refractivity contribution in [1.29, 1.82) is 0 Å². The lowest BCUT2D eigenvalue weighted by Crippen LogP contribution is -2.09. The van der Waals surface area contributed by atoms with Crippen molar-refractivity contribution in [3.05, 3.63) is 126 Å². The third kappa shape index (κ3) is 4.43. The summed E-state index contributed by atoms with van der Waals surface area (Å²) in [5, 5.41) is 0. The molecular weight excluding hydrogens is 589 g/mol. The Morgan fingerprint density at radius 3 is 1.83 bits per heavy atom. The van der Waals surface area contributed by atoms with Crippen LogP contribution in [0.4, 0.5) is 4.39 Å². The summed E-state index contributed by atoms with van der Waals surface area (Å²) in [5.41, 5.74) is 4.15. The molecule has 0 heterocycles. The lowest BCUT2D eigenvalue weighted by molar-refractivity contribution is 0.103. The van der Waals surface area contributed by atoms with Crippen molar-refractivity contribution in [2.45, 2.75) is 0 Å². The first kappa shape index (κ1) is 20.2. The number of hydrogen-bond acceptors (Lipinski definition) is 1. The molecule has 3 aromatic carbocycles. The molecule has 0 aromatic heterocycles. The fourth-order valence-electron chi connectivity index (χ4n) is 3.24. The van der Waals surface area contributed by atoms with Gasteiger partial charge in [0.15, 0.2) is 5.78 Å². The van der Waals surface area contributed by atoms with Crippen molar-refractivity contribution in [3.63, 3.8) is 0 Å². The first-order chi connectivity index (χ1) is 14.0. The number of halogens is 3. The van der Waals surface area contributed by atoms with Crippen LogP contribution in [-0.4, -0.2) is 5.78 Å². The second-order valence-electron chi connectivity index (χ2n) is 6.58. The highest BCUT2D eigenvalue weighted by molar-refractivity contribution is 14.1. The molecule has 1 nitrogen and oxygen atoms in total. The highest BCUT2D eigenvalue weighted by Crippen LogP contribution is 2.31. The Hall–Kier alpha value is -2.06. The van der Waals surface area contributed by atoms with Gasteiger partial charge in [-0.2, -0.15) is 0 Å². The van der Waals surface area contributed by atoms with Crippen molar-refractivity contribution in [3.8, 4) is 0 Å². The molecule has 0 fully saturated rings. The molecule has 142 valence electrons. The third-order valence-corrected chi connectivity index (χ3v) is 6.15. The summed E-state index contributed by atoms with van der Waals surface area (Å²) in [7, 11) is 0. The summed E-state index contributed by atoms with van der Waals surface area (Å²) >= 11 is 4.55. The first-order valence-electron chi connectivity index (χ1n) is 8.98. The number of ketones is 1. The number of carbonyl (C=O) groups is 1. The SMILES string of the molecule is O=C1/C(=C\C=C(c2ccc(I)cc2)c2ccc(I)cc2)C=C(F)c2ccccc21. The normalized spacial score (nSPS) is 14.4. The number of hydrogen-bond donors (Lipinski definition) is 0. The van der Waals surface area contributed by atoms with Crippen molar-refractivity contribution in [2.75, 3.05) is 0 Å². The van der Waals surface area contributed by atoms with E-state index >= 15 is 0 Å². The quantitative estimate of drug-likeness (QED) is 0.224. The molecule has 0 atom stereocenters. The van der Waals surface area contributed by atoms with Gasteiger partial charge in [-0.15, -0.1) is 0 Å². The second kappa shape index (κ2) is 8.75. The van der Waals surface area contributed by atoms with E-state index in [0.717, 1.165) is 23.8 Å². The number of benzene rings is 3. The Morgan fingerprint density at radius 1 is 0.759 bits per heavy atom. The average molecular weight is 604 g/mol. The number of fused-ring (bicyclic) bond motifs is 1. The van der Waals surface area contributed by atoms with E-state index in [1.165, 1.54) is 6.08 Å². The van der Waals surface area contributed by atoms with Crippen LogP contribution in [0.25, 0.3) is 11.4 Å². The summed E-state index contributed by atoms with van der Waals surface area (Å²) < 4.78 is 16.8. The molecule has 1 aliphatic carbocycles. The number of rotatable bonds is 3. The minimum Gasteiger partial charge on any atom is -0.289 e. The molecule has 0 saturated carbocycles. The zero-order valence-corrected chi connectivity index (χ0v) is 19.5. The van der Waals surface area contributed by atoms with Gasteiger partial charge in [-0.3, -0.25) is 4.79 Å². The maximum absolute atomic E-state index is 14.5. The van der Waals surface area contributed by atoms with Gasteiger partial charge in [0.2, 0.25) is 0 Å². The zero-order valence-electron chi connectivity index (χ0n) is 15.2. The van der Waals surface area contributed by atoms with Crippen molar-refractivity contribution in [2.24, 2.45) is 0 Å². The molecule has 29 heavy (non-hydrogen) atoms. The van der Waals surface area contributed by atoms with Gasteiger partial charge in [-0.25, -0.2) is 4.39 Å². The molecule has 4 rings (SSSR count). The molecule has 0 bridgehead atoms. The molecule has 0 saturated heterocycles. The summed E-state index contributed by atoms with van der Waals surface area (Å²) in [4.78, 5) is 12.8. The van der Waals surface area contributed by atoms with Gasteiger partial charge in [0, 0.05) is 23.8 Å². The van der Waals surface area contributed by atoms with Crippen LogP contribution in [0.5, 0.6) is 0 Å². The molecule has 0 spiro atoms. The highest BCUT2D eigenvalue weighted by Gasteiger charge is 2.22. The lowest BCUT2D eigenvalue weighted by atomic mass is 9.90. The Balaban J connectivity index is 1.81. The topological polar surface area (TPSA) is 17.1 Å². The van der Waals surface area contributed by atoms with E-state index in [2.05, 4.69) is 69.4 Å². The fraction of sp³-hybridized carbons (Fsp3) is 0. The molecule has 0 amide bonds. The third-order valence-electron chi connectivity index (χ3n) is 4.71. The molecule has 3 aromatic rings. The second-order valence-corrected chi connectivity index (χ2v) is 9.07. The molecule has 0 N–H and O–H groups in total. The Labute approximate surface area is 196 Å². The van der Waals surface area contributed by atoms with Gasteiger partial charge in [0.1, 0.15) is 5.83 Å². The fourth-order valence-corrected chi connectivity index (χ4v) is 3.96. The minimum atomic E-state index is -0.384. The molecule has 0 unspecified atom stereocenters. The lowest BCUT2D eigenvalue weighted by Gasteiger charge is -2.13. The van der Waals surface area contributed by atoms with Crippen LogP contribution in [0.3, 0.4) is 0 Å². The van der Waals surface area contributed by atoms with Crippen LogP contribution in [0.2, 0.25) is 0 Å². The van der Waals surface area contributed by atoms with Crippen LogP contribution in [0.15, 0.2) is 96.6 Å². The summed E-state index contributed by atoms with van der Waals surface area (Å²) in [6.07, 6.45) is 4.93. The van der Waals surface area contributed by atoms with E-state index in [1.54, 1.807) is 30.3 Å². The van der Waals surface area contributed by atoms with E-state index in [0.29, 0.717) is 16.7 Å². The van der Waals surface area contributed by atoms with Crippen LogP contribution < -0.4 is 0 Å². The van der Waals surface area contributed by atoms with Gasteiger partial charge < -0.3 is 0 Å². The molecule has 0 aliphatic heterocycles. The monoisotopic (exact) mass is 604 g/mol. The molecule has 1 aliphatic rings. The smallest absolute Gasteiger partial charge is 0.193 e. The van der Waals surface area contributed by atoms with Crippen molar-refractivity contribution >= 4 is 62.4 Å². The van der Waals surface area contributed by atoms with E-state index in [4.69, 9.17) is 0 Å². The maximum Gasteiger partial charge on any atom is 0.193 e. The van der Waals surface area contributed by atoms with E-state index in [9.17, 15) is 9.18 Å². The maximum atomic E-state index is 14.5. The average Bonchev–Trinajstić information content (AvgIpc) is 2.74. The van der Waals surface area contributed by atoms with Gasteiger partial charge in [0.05, 0.1) is 0 Å². The largest absolute Gasteiger partial charge is 0.289 e. The number of allylic oxidation sites excluding steroid dienone is 4. The highest BCUT2D eigenvalue weighted by atomic mass is 127. The first-order valence-corrected chi connectivity index (χ1v) is 11.1. The standard InChI is InChI=1S/C25H15FI2O/c26-24-15-18(25(29)23-4-2-1-3-22(23)24)9-14-21(16-5-10-19(27)11-6-16)17-7-12-20(28)13-8-17/h1-15H/b18-9-.